The first kappa shape index (κ1) is 28.4. The lowest BCUT2D eigenvalue weighted by molar-refractivity contribution is 0.0962. The summed E-state index contributed by atoms with van der Waals surface area (Å²) in [5.74, 6) is -0.467. The van der Waals surface area contributed by atoms with Crippen LogP contribution in [0.1, 0.15) is 10.4 Å². The number of anilines is 6. The van der Waals surface area contributed by atoms with Crippen molar-refractivity contribution in [2.24, 2.45) is 0 Å². The summed E-state index contributed by atoms with van der Waals surface area (Å²) in [6.45, 7) is 0. The number of para-hydroxylation sites is 1. The van der Waals surface area contributed by atoms with Crippen molar-refractivity contribution in [3.63, 3.8) is 0 Å². The van der Waals surface area contributed by atoms with Crippen LogP contribution in [0.25, 0.3) is 0 Å². The average molecular weight is 624 g/mol. The second kappa shape index (κ2) is 12.6. The summed E-state index contributed by atoms with van der Waals surface area (Å²) in [4.78, 5) is 37.0. The summed E-state index contributed by atoms with van der Waals surface area (Å²) in [5, 5.41) is 6.58. The Kier molecular flexibility index (Phi) is 8.52. The normalized spacial score (nSPS) is 10.9. The maximum atomic E-state index is 12.7. The molecule has 3 aromatic heterocycles. The van der Waals surface area contributed by atoms with Gasteiger partial charge in [-0.3, -0.25) is 20.6 Å². The van der Waals surface area contributed by atoms with Crippen LogP contribution in [0.15, 0.2) is 90.3 Å². The highest BCUT2D eigenvalue weighted by molar-refractivity contribution is 7.92. The van der Waals surface area contributed by atoms with Crippen LogP contribution in [0.4, 0.5) is 35.2 Å². The fourth-order valence-electron chi connectivity index (χ4n) is 3.34. The minimum atomic E-state index is -3.93. The van der Waals surface area contributed by atoms with Gasteiger partial charge in [0, 0.05) is 36.0 Å². The molecule has 0 saturated heterocycles. The van der Waals surface area contributed by atoms with Gasteiger partial charge in [-0.15, -0.1) is 0 Å². The van der Waals surface area contributed by atoms with E-state index in [2.05, 4.69) is 56.1 Å². The van der Waals surface area contributed by atoms with Crippen LogP contribution >= 0.6 is 23.2 Å². The number of hydrogen-bond donors (Lipinski definition) is 5. The SMILES string of the molecule is O=C(NNc1nc(Nc2ccc(S(=O)(=O)Nc3ncccn3)cc2)nc(Nc2c(Cl)cccc2Cl)n1)c1ccncc1. The van der Waals surface area contributed by atoms with Gasteiger partial charge in [0.2, 0.25) is 23.8 Å². The first-order chi connectivity index (χ1) is 20.3. The fraction of sp³-hybridized carbons (Fsp3) is 0. The Labute approximate surface area is 249 Å². The predicted molar refractivity (Wildman–Crippen MR) is 157 cm³/mol. The standard InChI is InChI=1S/C25H19Cl2N11O3S/c26-18-3-1-4-19(27)20(18)32-24-33-23(34-25(35-24)37-36-21(39)15-9-13-28-14-10-15)31-16-5-7-17(8-6-16)42(40,41)38-22-29-11-2-12-30-22/h1-14H,(H,36,39)(H,29,30,38)(H3,31,32,33,34,35,37). The lowest BCUT2D eigenvalue weighted by Gasteiger charge is -2.13. The molecule has 212 valence electrons. The van der Waals surface area contributed by atoms with Crippen molar-refractivity contribution >= 4 is 74.3 Å². The summed E-state index contributed by atoms with van der Waals surface area (Å²) in [6.07, 6.45) is 5.81. The zero-order valence-electron chi connectivity index (χ0n) is 21.2. The first-order valence-corrected chi connectivity index (χ1v) is 14.1. The second-order valence-corrected chi connectivity index (χ2v) is 10.7. The van der Waals surface area contributed by atoms with Crippen LogP contribution in [-0.2, 0) is 10.0 Å². The van der Waals surface area contributed by atoms with Crippen molar-refractivity contribution in [3.8, 4) is 0 Å². The molecule has 0 aliphatic carbocycles. The van der Waals surface area contributed by atoms with E-state index in [1.807, 2.05) is 0 Å². The highest BCUT2D eigenvalue weighted by atomic mass is 35.5. The maximum Gasteiger partial charge on any atom is 0.269 e. The first-order valence-electron chi connectivity index (χ1n) is 11.9. The third-order valence-corrected chi connectivity index (χ3v) is 7.25. The van der Waals surface area contributed by atoms with Crippen molar-refractivity contribution in [3.05, 3.63) is 101 Å². The van der Waals surface area contributed by atoms with E-state index < -0.39 is 15.9 Å². The molecule has 0 aliphatic rings. The van der Waals surface area contributed by atoms with Crippen LogP contribution in [0.5, 0.6) is 0 Å². The van der Waals surface area contributed by atoms with E-state index in [1.54, 1.807) is 24.3 Å². The predicted octanol–water partition coefficient (Wildman–Crippen LogP) is 4.41. The van der Waals surface area contributed by atoms with E-state index in [-0.39, 0.29) is 28.7 Å². The number of halogens is 2. The van der Waals surface area contributed by atoms with Gasteiger partial charge in [0.05, 0.1) is 20.6 Å². The average Bonchev–Trinajstić information content (AvgIpc) is 2.99. The molecule has 42 heavy (non-hydrogen) atoms. The van der Waals surface area contributed by atoms with Crippen molar-refractivity contribution in [1.29, 1.82) is 0 Å². The molecule has 0 spiro atoms. The quantitative estimate of drug-likeness (QED) is 0.138. The molecule has 14 nitrogen and oxygen atoms in total. The fourth-order valence-corrected chi connectivity index (χ4v) is 4.79. The summed E-state index contributed by atoms with van der Waals surface area (Å²) >= 11 is 12.6. The molecule has 0 saturated carbocycles. The third kappa shape index (κ3) is 7.14. The summed E-state index contributed by atoms with van der Waals surface area (Å²) < 4.78 is 27.7. The zero-order chi connectivity index (χ0) is 29.5. The summed E-state index contributed by atoms with van der Waals surface area (Å²) in [6, 6.07) is 15.4. The van der Waals surface area contributed by atoms with Gasteiger partial charge < -0.3 is 10.6 Å². The van der Waals surface area contributed by atoms with Gasteiger partial charge >= 0.3 is 0 Å². The Bertz CT molecular complexity index is 1800. The van der Waals surface area contributed by atoms with E-state index >= 15 is 0 Å². The molecule has 0 aliphatic heterocycles. The number of carbonyl (C=O) groups is 1. The molecule has 1 amide bonds. The molecule has 0 atom stereocenters. The molecular weight excluding hydrogens is 605 g/mol. The number of carbonyl (C=O) groups excluding carboxylic acids is 1. The van der Waals surface area contributed by atoms with E-state index in [4.69, 9.17) is 23.2 Å². The number of nitrogens with one attached hydrogen (secondary N) is 5. The van der Waals surface area contributed by atoms with Crippen molar-refractivity contribution in [2.45, 2.75) is 4.90 Å². The van der Waals surface area contributed by atoms with E-state index in [9.17, 15) is 13.2 Å². The molecule has 5 rings (SSSR count). The number of hydrogen-bond acceptors (Lipinski definition) is 12. The minimum absolute atomic E-state index is 0.0203. The number of rotatable bonds is 10. The highest BCUT2D eigenvalue weighted by Gasteiger charge is 2.16. The summed E-state index contributed by atoms with van der Waals surface area (Å²) in [5.41, 5.74) is 6.31. The molecule has 17 heteroatoms. The number of nitrogens with zero attached hydrogens (tertiary/aromatic N) is 6. The highest BCUT2D eigenvalue weighted by Crippen LogP contribution is 2.32. The number of benzene rings is 2. The Hall–Kier alpha value is -5.12. The van der Waals surface area contributed by atoms with Crippen LogP contribution in [-0.4, -0.2) is 44.2 Å². The molecule has 0 fully saturated rings. The minimum Gasteiger partial charge on any atom is -0.324 e. The molecule has 0 unspecified atom stereocenters. The van der Waals surface area contributed by atoms with Crippen molar-refractivity contribution in [1.82, 2.24) is 35.3 Å². The molecule has 0 radical (unpaired) electrons. The number of amides is 1. The van der Waals surface area contributed by atoms with Crippen molar-refractivity contribution < 1.29 is 13.2 Å². The number of hydrazine groups is 1. The molecule has 0 bridgehead atoms. The monoisotopic (exact) mass is 623 g/mol. The second-order valence-electron chi connectivity index (χ2n) is 8.17. The van der Waals surface area contributed by atoms with Gasteiger partial charge in [-0.25, -0.2) is 23.1 Å². The lowest BCUT2D eigenvalue weighted by atomic mass is 10.3. The Morgan fingerprint density at radius 1 is 0.690 bits per heavy atom. The van der Waals surface area contributed by atoms with E-state index in [0.717, 1.165) is 0 Å². The Morgan fingerprint density at radius 3 is 1.98 bits per heavy atom. The number of pyridine rings is 1. The van der Waals surface area contributed by atoms with Gasteiger partial charge in [0.1, 0.15) is 0 Å². The van der Waals surface area contributed by atoms with Crippen LogP contribution in [0, 0.1) is 0 Å². The smallest absolute Gasteiger partial charge is 0.269 e. The van der Waals surface area contributed by atoms with Gasteiger partial charge in [-0.2, -0.15) is 15.0 Å². The Balaban J connectivity index is 1.38. The molecule has 5 aromatic rings. The maximum absolute atomic E-state index is 12.7. The van der Waals surface area contributed by atoms with Crippen LogP contribution < -0.4 is 26.2 Å². The zero-order valence-corrected chi connectivity index (χ0v) is 23.5. The molecule has 2 aromatic carbocycles. The van der Waals surface area contributed by atoms with Gasteiger partial charge in [0.25, 0.3) is 15.9 Å². The topological polar surface area (TPSA) is 189 Å². The third-order valence-electron chi connectivity index (χ3n) is 5.28. The van der Waals surface area contributed by atoms with Gasteiger partial charge in [0.15, 0.2) is 0 Å². The molecular formula is C25H19Cl2N11O3S. The van der Waals surface area contributed by atoms with Crippen LogP contribution in [0.3, 0.4) is 0 Å². The van der Waals surface area contributed by atoms with E-state index in [1.165, 1.54) is 61.2 Å². The Morgan fingerprint density at radius 2 is 1.31 bits per heavy atom. The lowest BCUT2D eigenvalue weighted by Crippen LogP contribution is -2.30. The van der Waals surface area contributed by atoms with Crippen molar-refractivity contribution in [2.75, 3.05) is 20.8 Å². The number of sulfonamides is 1. The molecule has 3 heterocycles. The van der Waals surface area contributed by atoms with Gasteiger partial charge in [-0.1, -0.05) is 29.3 Å². The van der Waals surface area contributed by atoms with E-state index in [0.29, 0.717) is 27.0 Å². The number of aromatic nitrogens is 6. The van der Waals surface area contributed by atoms with Gasteiger partial charge in [-0.05, 0) is 54.6 Å². The largest absolute Gasteiger partial charge is 0.324 e. The summed E-state index contributed by atoms with van der Waals surface area (Å²) in [7, 11) is -3.93. The molecule has 5 N–H and O–H groups in total. The van der Waals surface area contributed by atoms with Crippen LogP contribution in [0.2, 0.25) is 10.0 Å².